The molecule has 1 fully saturated rings. The van der Waals surface area contributed by atoms with E-state index in [0.29, 0.717) is 23.2 Å². The Morgan fingerprint density at radius 3 is 2.96 bits per heavy atom. The van der Waals surface area contributed by atoms with Crippen LogP contribution in [0.2, 0.25) is 0 Å². The number of nitrogens with zero attached hydrogens (tertiary/aromatic N) is 3. The maximum atomic E-state index is 12.6. The van der Waals surface area contributed by atoms with Crippen molar-refractivity contribution in [3.63, 3.8) is 0 Å². The van der Waals surface area contributed by atoms with Gasteiger partial charge in [-0.2, -0.15) is 0 Å². The molecule has 2 heterocycles. The molecule has 1 aliphatic carbocycles. The van der Waals surface area contributed by atoms with Crippen molar-refractivity contribution in [2.75, 3.05) is 5.73 Å². The van der Waals surface area contributed by atoms with Gasteiger partial charge < -0.3 is 15.5 Å². The third-order valence-electron chi connectivity index (χ3n) is 4.58. The SMILES string of the molecule is CCC[C@@H]1CCC[C@H]1NC(=O)c1nc(C)c(-c2ncco2)nc1N. The van der Waals surface area contributed by atoms with Crippen LogP contribution >= 0.6 is 0 Å². The molecule has 7 nitrogen and oxygen atoms in total. The van der Waals surface area contributed by atoms with Crippen molar-refractivity contribution in [2.45, 2.75) is 52.0 Å². The number of anilines is 1. The Morgan fingerprint density at radius 2 is 2.25 bits per heavy atom. The molecule has 1 saturated carbocycles. The third-order valence-corrected chi connectivity index (χ3v) is 4.58. The first-order chi connectivity index (χ1) is 11.6. The van der Waals surface area contributed by atoms with Gasteiger partial charge in [0.2, 0.25) is 5.89 Å². The van der Waals surface area contributed by atoms with Crippen LogP contribution < -0.4 is 11.1 Å². The van der Waals surface area contributed by atoms with E-state index in [1.807, 2.05) is 0 Å². The monoisotopic (exact) mass is 329 g/mol. The van der Waals surface area contributed by atoms with Gasteiger partial charge in [-0.15, -0.1) is 0 Å². The van der Waals surface area contributed by atoms with E-state index in [-0.39, 0.29) is 23.5 Å². The van der Waals surface area contributed by atoms with Crippen molar-refractivity contribution < 1.29 is 9.21 Å². The van der Waals surface area contributed by atoms with Gasteiger partial charge in [0.05, 0.1) is 11.9 Å². The summed E-state index contributed by atoms with van der Waals surface area (Å²) in [7, 11) is 0. The quantitative estimate of drug-likeness (QED) is 0.873. The Balaban J connectivity index is 1.79. The van der Waals surface area contributed by atoms with Gasteiger partial charge in [0.15, 0.2) is 11.5 Å². The molecule has 0 bridgehead atoms. The molecule has 0 aliphatic heterocycles. The van der Waals surface area contributed by atoms with E-state index in [1.165, 1.54) is 18.9 Å². The van der Waals surface area contributed by atoms with Gasteiger partial charge in [-0.05, 0) is 32.1 Å². The summed E-state index contributed by atoms with van der Waals surface area (Å²) in [6.45, 7) is 3.93. The highest BCUT2D eigenvalue weighted by Crippen LogP contribution is 2.30. The average Bonchev–Trinajstić information content (AvgIpc) is 3.22. The van der Waals surface area contributed by atoms with Crippen LogP contribution in [0.15, 0.2) is 16.9 Å². The Morgan fingerprint density at radius 1 is 1.42 bits per heavy atom. The lowest BCUT2D eigenvalue weighted by Crippen LogP contribution is -2.38. The van der Waals surface area contributed by atoms with E-state index < -0.39 is 0 Å². The molecule has 3 rings (SSSR count). The average molecular weight is 329 g/mol. The summed E-state index contributed by atoms with van der Waals surface area (Å²) < 4.78 is 5.23. The van der Waals surface area contributed by atoms with Gasteiger partial charge in [0.1, 0.15) is 12.0 Å². The van der Waals surface area contributed by atoms with E-state index in [1.54, 1.807) is 6.92 Å². The second-order valence-corrected chi connectivity index (χ2v) is 6.29. The van der Waals surface area contributed by atoms with E-state index in [4.69, 9.17) is 10.2 Å². The zero-order valence-corrected chi connectivity index (χ0v) is 14.1. The van der Waals surface area contributed by atoms with E-state index in [9.17, 15) is 4.79 Å². The number of carbonyl (C=O) groups is 1. The molecule has 0 spiro atoms. The molecule has 2 atom stereocenters. The second kappa shape index (κ2) is 6.98. The predicted molar refractivity (Wildman–Crippen MR) is 90.2 cm³/mol. The number of hydrogen-bond acceptors (Lipinski definition) is 6. The zero-order valence-electron chi connectivity index (χ0n) is 14.1. The van der Waals surface area contributed by atoms with Crippen LogP contribution in [0.25, 0.3) is 11.6 Å². The molecule has 0 radical (unpaired) electrons. The minimum atomic E-state index is -0.255. The van der Waals surface area contributed by atoms with Crippen LogP contribution in [-0.4, -0.2) is 26.9 Å². The molecule has 2 aromatic rings. The summed E-state index contributed by atoms with van der Waals surface area (Å²) >= 11 is 0. The van der Waals surface area contributed by atoms with E-state index in [0.717, 1.165) is 25.7 Å². The molecule has 128 valence electrons. The predicted octanol–water partition coefficient (Wildman–Crippen LogP) is 2.72. The van der Waals surface area contributed by atoms with Crippen molar-refractivity contribution in [3.8, 4) is 11.6 Å². The third kappa shape index (κ3) is 3.25. The van der Waals surface area contributed by atoms with Crippen molar-refractivity contribution in [1.29, 1.82) is 0 Å². The first kappa shape index (κ1) is 16.4. The molecule has 1 amide bonds. The van der Waals surface area contributed by atoms with Crippen molar-refractivity contribution in [1.82, 2.24) is 20.3 Å². The molecule has 7 heteroatoms. The fourth-order valence-electron chi connectivity index (χ4n) is 3.42. The number of nitrogens with one attached hydrogen (secondary N) is 1. The lowest BCUT2D eigenvalue weighted by Gasteiger charge is -2.20. The number of carbonyl (C=O) groups excluding carboxylic acids is 1. The normalized spacial score (nSPS) is 20.2. The fraction of sp³-hybridized carbons (Fsp3) is 0.529. The molecule has 24 heavy (non-hydrogen) atoms. The van der Waals surface area contributed by atoms with E-state index >= 15 is 0 Å². The van der Waals surface area contributed by atoms with Gasteiger partial charge in [0, 0.05) is 6.04 Å². The van der Waals surface area contributed by atoms with Gasteiger partial charge in [-0.3, -0.25) is 4.79 Å². The summed E-state index contributed by atoms with van der Waals surface area (Å²) in [6.07, 6.45) is 8.58. The lowest BCUT2D eigenvalue weighted by atomic mass is 9.98. The maximum Gasteiger partial charge on any atom is 0.273 e. The number of nitrogen functional groups attached to an aromatic ring is 1. The zero-order chi connectivity index (χ0) is 17.1. The lowest BCUT2D eigenvalue weighted by molar-refractivity contribution is 0.0922. The Kier molecular flexibility index (Phi) is 4.78. The minimum Gasteiger partial charge on any atom is -0.443 e. The maximum absolute atomic E-state index is 12.6. The first-order valence-corrected chi connectivity index (χ1v) is 8.45. The van der Waals surface area contributed by atoms with Gasteiger partial charge >= 0.3 is 0 Å². The molecule has 0 unspecified atom stereocenters. The van der Waals surface area contributed by atoms with Crippen molar-refractivity contribution >= 4 is 11.7 Å². The highest BCUT2D eigenvalue weighted by atomic mass is 16.3. The van der Waals surface area contributed by atoms with Crippen molar-refractivity contribution in [3.05, 3.63) is 23.8 Å². The van der Waals surface area contributed by atoms with Crippen LogP contribution in [0.5, 0.6) is 0 Å². The number of aryl methyl sites for hydroxylation is 1. The number of aromatic nitrogens is 3. The van der Waals surface area contributed by atoms with Crippen LogP contribution in [-0.2, 0) is 0 Å². The van der Waals surface area contributed by atoms with Crippen molar-refractivity contribution in [2.24, 2.45) is 5.92 Å². The first-order valence-electron chi connectivity index (χ1n) is 8.45. The van der Waals surface area contributed by atoms with Gasteiger partial charge in [-0.1, -0.05) is 19.8 Å². The molecule has 1 aliphatic rings. The largest absolute Gasteiger partial charge is 0.443 e. The van der Waals surface area contributed by atoms with Crippen LogP contribution in [0.4, 0.5) is 5.82 Å². The standard InChI is InChI=1S/C17H23N5O2/c1-3-5-11-6-4-7-12(11)21-16(23)14-15(18)22-13(10(2)20-14)17-19-8-9-24-17/h8-9,11-12H,3-7H2,1-2H3,(H2,18,22)(H,21,23)/t11-,12-/m1/s1. The Hall–Kier alpha value is -2.44. The Labute approximate surface area is 141 Å². The molecule has 0 aromatic carbocycles. The summed E-state index contributed by atoms with van der Waals surface area (Å²) in [5, 5.41) is 3.09. The number of amides is 1. The van der Waals surface area contributed by atoms with Crippen LogP contribution in [0, 0.1) is 12.8 Å². The second-order valence-electron chi connectivity index (χ2n) is 6.29. The molecule has 3 N–H and O–H groups in total. The number of rotatable bonds is 5. The van der Waals surface area contributed by atoms with Crippen LogP contribution in [0.1, 0.15) is 55.2 Å². The number of hydrogen-bond donors (Lipinski definition) is 2. The Bertz CT molecular complexity index is 714. The molecule has 0 saturated heterocycles. The highest BCUT2D eigenvalue weighted by Gasteiger charge is 2.29. The topological polar surface area (TPSA) is 107 Å². The summed E-state index contributed by atoms with van der Waals surface area (Å²) in [4.78, 5) is 25.2. The molecule has 2 aromatic heterocycles. The van der Waals surface area contributed by atoms with Gasteiger partial charge in [0.25, 0.3) is 5.91 Å². The smallest absolute Gasteiger partial charge is 0.273 e. The fourth-order valence-corrected chi connectivity index (χ4v) is 3.42. The summed E-state index contributed by atoms with van der Waals surface area (Å²) in [5.74, 6) is 0.727. The summed E-state index contributed by atoms with van der Waals surface area (Å²) in [6, 6.07) is 0.199. The van der Waals surface area contributed by atoms with Gasteiger partial charge in [-0.25, -0.2) is 15.0 Å². The minimum absolute atomic E-state index is 0.0938. The van der Waals surface area contributed by atoms with E-state index in [2.05, 4.69) is 27.2 Å². The number of nitrogens with two attached hydrogens (primary N) is 1. The molecular formula is C17H23N5O2. The number of oxazole rings is 1. The molecular weight excluding hydrogens is 306 g/mol. The summed E-state index contributed by atoms with van der Waals surface area (Å²) in [5.41, 5.74) is 7.15. The highest BCUT2D eigenvalue weighted by molar-refractivity contribution is 5.96. The van der Waals surface area contributed by atoms with Crippen LogP contribution in [0.3, 0.4) is 0 Å².